The lowest BCUT2D eigenvalue weighted by molar-refractivity contribution is -0.915. The molecule has 1 N–H and O–H groups in total. The molecule has 0 saturated carbocycles. The molecule has 0 aliphatic carbocycles. The van der Waals surface area contributed by atoms with Crippen molar-refractivity contribution < 1.29 is 9.71 Å². The molecule has 0 radical (unpaired) electrons. The second kappa shape index (κ2) is 4.66. The third kappa shape index (κ3) is 4.31. The average molecular weight is 162 g/mol. The topological polar surface area (TPSA) is 50.6 Å². The van der Waals surface area contributed by atoms with Crippen LogP contribution in [0.5, 0.6) is 0 Å². The van der Waals surface area contributed by atoms with Crippen LogP contribution in [0.15, 0.2) is 0 Å². The molecule has 0 heterocycles. The molecule has 1 atom stereocenters. The lowest BCUT2D eigenvalue weighted by Crippen LogP contribution is -3.04. The Bertz CT molecular complexity index is 103. The second-order valence-electron chi connectivity index (χ2n) is 2.87. The summed E-state index contributed by atoms with van der Waals surface area (Å²) in [6, 6.07) is 0. The summed E-state index contributed by atoms with van der Waals surface area (Å²) in [5.41, 5.74) is 0. The molecule has 0 aliphatic rings. The Balaban J connectivity index is 3.69. The molecule has 0 fully saturated rings. The van der Waals surface area contributed by atoms with Gasteiger partial charge in [0.15, 0.2) is 0 Å². The third-order valence-corrected chi connectivity index (χ3v) is 2.02. The standard InChI is InChI=1S/C7H18N2O2/c1-4-9(11,5-2)7-6-8(3)10/h8H,4-7H2,1-3H3. The highest BCUT2D eigenvalue weighted by Crippen LogP contribution is 1.99. The largest absolute Gasteiger partial charge is 0.634 e. The van der Waals surface area contributed by atoms with E-state index in [-0.39, 0.29) is 9.71 Å². The van der Waals surface area contributed by atoms with Crippen molar-refractivity contribution in [3.8, 4) is 0 Å². The summed E-state index contributed by atoms with van der Waals surface area (Å²) in [4.78, 5) is 0. The van der Waals surface area contributed by atoms with E-state index in [0.29, 0.717) is 26.2 Å². The van der Waals surface area contributed by atoms with Gasteiger partial charge in [0.25, 0.3) is 0 Å². The zero-order chi connectivity index (χ0) is 8.91. The van der Waals surface area contributed by atoms with Crippen molar-refractivity contribution >= 4 is 0 Å². The molecule has 0 spiro atoms. The number of rotatable bonds is 5. The van der Waals surface area contributed by atoms with Gasteiger partial charge in [0, 0.05) is 0 Å². The van der Waals surface area contributed by atoms with Crippen molar-refractivity contribution in [2.75, 3.05) is 33.2 Å². The fraction of sp³-hybridized carbons (Fsp3) is 1.00. The van der Waals surface area contributed by atoms with Crippen LogP contribution in [0, 0.1) is 10.4 Å². The Kier molecular flexibility index (Phi) is 4.60. The van der Waals surface area contributed by atoms with Crippen molar-refractivity contribution in [1.29, 1.82) is 0 Å². The molecule has 0 aromatic rings. The molecule has 0 aliphatic heterocycles. The van der Waals surface area contributed by atoms with Crippen LogP contribution >= 0.6 is 0 Å². The van der Waals surface area contributed by atoms with Gasteiger partial charge in [-0.2, -0.15) is 0 Å². The first-order chi connectivity index (χ1) is 5.04. The molecule has 68 valence electrons. The zero-order valence-corrected chi connectivity index (χ0v) is 7.59. The molecule has 0 aromatic carbocycles. The van der Waals surface area contributed by atoms with E-state index in [1.807, 2.05) is 13.8 Å². The van der Waals surface area contributed by atoms with Gasteiger partial charge < -0.3 is 20.1 Å². The number of nitrogens with one attached hydrogen (secondary N) is 1. The zero-order valence-electron chi connectivity index (χ0n) is 7.59. The van der Waals surface area contributed by atoms with Gasteiger partial charge in [0.1, 0.15) is 13.1 Å². The van der Waals surface area contributed by atoms with Crippen LogP contribution in [0.2, 0.25) is 0 Å². The predicted molar refractivity (Wildman–Crippen MR) is 44.7 cm³/mol. The van der Waals surface area contributed by atoms with Crippen molar-refractivity contribution in [2.45, 2.75) is 13.8 Å². The van der Waals surface area contributed by atoms with Crippen molar-refractivity contribution in [3.05, 3.63) is 10.4 Å². The maximum absolute atomic E-state index is 11.5. The molecule has 4 nitrogen and oxygen atoms in total. The number of hydrogen-bond donors (Lipinski definition) is 1. The van der Waals surface area contributed by atoms with Gasteiger partial charge >= 0.3 is 0 Å². The Morgan fingerprint density at radius 1 is 1.27 bits per heavy atom. The van der Waals surface area contributed by atoms with Crippen LogP contribution in [-0.4, -0.2) is 37.9 Å². The quantitative estimate of drug-likeness (QED) is 0.431. The minimum absolute atomic E-state index is 0.102. The maximum Gasteiger partial charge on any atom is 0.128 e. The van der Waals surface area contributed by atoms with Gasteiger partial charge in [-0.15, -0.1) is 0 Å². The first-order valence-electron chi connectivity index (χ1n) is 4.10. The van der Waals surface area contributed by atoms with E-state index in [0.717, 1.165) is 0 Å². The number of likely N-dealkylation sites (N-methyl/N-ethyl adjacent to an activating group) is 2. The van der Waals surface area contributed by atoms with E-state index in [4.69, 9.17) is 0 Å². The summed E-state index contributed by atoms with van der Waals surface area (Å²) < 4.78 is -0.237. The summed E-state index contributed by atoms with van der Waals surface area (Å²) in [5.74, 6) is 0. The van der Waals surface area contributed by atoms with E-state index < -0.39 is 0 Å². The normalized spacial score (nSPS) is 15.0. The molecule has 0 bridgehead atoms. The molecule has 4 heteroatoms. The van der Waals surface area contributed by atoms with Gasteiger partial charge in [-0.3, -0.25) is 0 Å². The fourth-order valence-electron chi connectivity index (χ4n) is 0.901. The summed E-state index contributed by atoms with van der Waals surface area (Å²) in [5, 5.41) is 22.2. The highest BCUT2D eigenvalue weighted by atomic mass is 16.5. The molecular weight excluding hydrogens is 144 g/mol. The van der Waals surface area contributed by atoms with E-state index in [9.17, 15) is 10.4 Å². The van der Waals surface area contributed by atoms with Gasteiger partial charge in [-0.05, 0) is 13.8 Å². The summed E-state index contributed by atoms with van der Waals surface area (Å²) in [6.45, 7) is 5.67. The SMILES string of the molecule is CC[N+]([O-])(CC)CC[NH+](C)[O-]. The van der Waals surface area contributed by atoms with Crippen molar-refractivity contribution in [1.82, 2.24) is 0 Å². The molecule has 0 amide bonds. The van der Waals surface area contributed by atoms with Gasteiger partial charge in [0.05, 0.1) is 20.1 Å². The van der Waals surface area contributed by atoms with Crippen LogP contribution in [0.1, 0.15) is 13.8 Å². The molecule has 0 aromatic heterocycles. The molecule has 1 unspecified atom stereocenters. The second-order valence-corrected chi connectivity index (χ2v) is 2.87. The van der Waals surface area contributed by atoms with Gasteiger partial charge in [0.2, 0.25) is 0 Å². The molecule has 0 rings (SSSR count). The molecular formula is C7H18N2O2. The van der Waals surface area contributed by atoms with E-state index in [2.05, 4.69) is 0 Å². The van der Waals surface area contributed by atoms with Crippen molar-refractivity contribution in [2.24, 2.45) is 0 Å². The van der Waals surface area contributed by atoms with Crippen LogP contribution in [0.4, 0.5) is 0 Å². The van der Waals surface area contributed by atoms with E-state index >= 15 is 0 Å². The minimum Gasteiger partial charge on any atom is -0.634 e. The molecule has 0 saturated heterocycles. The maximum atomic E-state index is 11.5. The predicted octanol–water partition coefficient (Wildman–Crippen LogP) is -0.647. The Morgan fingerprint density at radius 2 is 1.73 bits per heavy atom. The summed E-state index contributed by atoms with van der Waals surface area (Å²) >= 11 is 0. The van der Waals surface area contributed by atoms with Crippen LogP contribution in [0.25, 0.3) is 0 Å². The summed E-state index contributed by atoms with van der Waals surface area (Å²) in [7, 11) is 1.52. The lowest BCUT2D eigenvalue weighted by Gasteiger charge is -2.41. The minimum atomic E-state index is -0.237. The Hall–Kier alpha value is -0.160. The van der Waals surface area contributed by atoms with Crippen LogP contribution in [-0.2, 0) is 0 Å². The lowest BCUT2D eigenvalue weighted by atomic mass is 10.4. The Morgan fingerprint density at radius 3 is 2.00 bits per heavy atom. The van der Waals surface area contributed by atoms with Crippen molar-refractivity contribution in [3.63, 3.8) is 0 Å². The van der Waals surface area contributed by atoms with Crippen LogP contribution < -0.4 is 5.06 Å². The number of hydrogen-bond acceptors (Lipinski definition) is 2. The smallest absolute Gasteiger partial charge is 0.128 e. The number of hydroxylamine groups is 5. The Labute approximate surface area is 68.2 Å². The van der Waals surface area contributed by atoms with E-state index in [1.54, 1.807) is 0 Å². The highest BCUT2D eigenvalue weighted by Gasteiger charge is 2.11. The number of quaternary nitrogens is 2. The monoisotopic (exact) mass is 162 g/mol. The number of nitrogens with zero attached hydrogens (tertiary/aromatic N) is 1. The summed E-state index contributed by atoms with van der Waals surface area (Å²) in [6.07, 6.45) is 0. The third-order valence-electron chi connectivity index (χ3n) is 2.02. The van der Waals surface area contributed by atoms with Gasteiger partial charge in [-0.25, -0.2) is 0 Å². The van der Waals surface area contributed by atoms with E-state index in [1.165, 1.54) is 7.05 Å². The first kappa shape index (κ1) is 10.8. The molecule has 11 heavy (non-hydrogen) atoms. The van der Waals surface area contributed by atoms with Crippen LogP contribution in [0.3, 0.4) is 0 Å². The average Bonchev–Trinajstić information content (AvgIpc) is 2.00. The highest BCUT2D eigenvalue weighted by molar-refractivity contribution is 4.37. The fourth-order valence-corrected chi connectivity index (χ4v) is 0.901. The first-order valence-corrected chi connectivity index (χ1v) is 4.10. The van der Waals surface area contributed by atoms with Gasteiger partial charge in [-0.1, -0.05) is 0 Å².